The average Bonchev–Trinajstić information content (AvgIpc) is 2.13. The van der Waals surface area contributed by atoms with Gasteiger partial charge in [0.2, 0.25) is 0 Å². The minimum Gasteiger partial charge on any atom is -0.393 e. The van der Waals surface area contributed by atoms with Crippen molar-refractivity contribution in [2.24, 2.45) is 11.8 Å². The van der Waals surface area contributed by atoms with Crippen molar-refractivity contribution in [3.63, 3.8) is 0 Å². The molecule has 0 radical (unpaired) electrons. The van der Waals surface area contributed by atoms with Gasteiger partial charge in [-0.2, -0.15) is 0 Å². The van der Waals surface area contributed by atoms with Gasteiger partial charge in [-0.25, -0.2) is 0 Å². The van der Waals surface area contributed by atoms with E-state index in [4.69, 9.17) is 0 Å². The molecule has 2 N–H and O–H groups in total. The molecule has 4 unspecified atom stereocenters. The fourth-order valence-electron chi connectivity index (χ4n) is 1.81. The summed E-state index contributed by atoms with van der Waals surface area (Å²) >= 11 is 0. The van der Waals surface area contributed by atoms with Crippen LogP contribution in [0, 0.1) is 11.8 Å². The predicted octanol–water partition coefficient (Wildman–Crippen LogP) is 2.58. The van der Waals surface area contributed by atoms with Gasteiger partial charge in [-0.3, -0.25) is 0 Å². The van der Waals surface area contributed by atoms with Gasteiger partial charge in [0.25, 0.3) is 0 Å². The first-order chi connectivity index (χ1) is 6.51. The summed E-state index contributed by atoms with van der Waals surface area (Å²) in [5.74, 6) is 0.831. The molecule has 0 aliphatic carbocycles. The van der Waals surface area contributed by atoms with E-state index in [0.29, 0.717) is 12.3 Å². The number of hydrogen-bond donors (Lipinski definition) is 2. The summed E-state index contributed by atoms with van der Waals surface area (Å²) in [6, 6.07) is 0. The van der Waals surface area contributed by atoms with E-state index < -0.39 is 0 Å². The molecule has 0 aliphatic rings. The summed E-state index contributed by atoms with van der Waals surface area (Å²) in [6.07, 6.45) is 3.09. The van der Waals surface area contributed by atoms with Crippen LogP contribution in [-0.2, 0) is 0 Å². The van der Waals surface area contributed by atoms with Crippen molar-refractivity contribution in [1.82, 2.24) is 0 Å². The van der Waals surface area contributed by atoms with Crippen molar-refractivity contribution < 1.29 is 10.2 Å². The highest BCUT2D eigenvalue weighted by Gasteiger charge is 2.20. The quantitative estimate of drug-likeness (QED) is 0.666. The van der Waals surface area contributed by atoms with Crippen LogP contribution in [0.25, 0.3) is 0 Å². The molecule has 86 valence electrons. The van der Waals surface area contributed by atoms with Crippen LogP contribution in [0.1, 0.15) is 53.4 Å². The SMILES string of the molecule is CCC(C)CC(O)C(CC)CC(C)O. The molecule has 0 amide bonds. The molecule has 4 atom stereocenters. The first-order valence-electron chi connectivity index (χ1n) is 5.87. The van der Waals surface area contributed by atoms with Gasteiger partial charge in [-0.05, 0) is 31.6 Å². The van der Waals surface area contributed by atoms with E-state index in [9.17, 15) is 10.2 Å². The number of hydrogen-bond acceptors (Lipinski definition) is 2. The maximum Gasteiger partial charge on any atom is 0.0571 e. The van der Waals surface area contributed by atoms with Gasteiger partial charge in [0.15, 0.2) is 0 Å². The minimum atomic E-state index is -0.300. The summed E-state index contributed by atoms with van der Waals surface area (Å²) in [7, 11) is 0. The molecule has 2 heteroatoms. The fraction of sp³-hybridized carbons (Fsp3) is 1.00. The summed E-state index contributed by atoms with van der Waals surface area (Å²) in [6.45, 7) is 8.18. The van der Waals surface area contributed by atoms with Crippen LogP contribution in [0.2, 0.25) is 0 Å². The van der Waals surface area contributed by atoms with E-state index in [2.05, 4.69) is 20.8 Å². The average molecular weight is 202 g/mol. The monoisotopic (exact) mass is 202 g/mol. The molecule has 0 saturated heterocycles. The zero-order valence-electron chi connectivity index (χ0n) is 10.0. The van der Waals surface area contributed by atoms with Gasteiger partial charge >= 0.3 is 0 Å². The largest absolute Gasteiger partial charge is 0.393 e. The van der Waals surface area contributed by atoms with Crippen molar-refractivity contribution in [2.75, 3.05) is 0 Å². The number of aliphatic hydroxyl groups excluding tert-OH is 2. The third-order valence-electron chi connectivity index (χ3n) is 3.05. The van der Waals surface area contributed by atoms with Crippen LogP contribution in [0.4, 0.5) is 0 Å². The highest BCUT2D eigenvalue weighted by atomic mass is 16.3. The van der Waals surface area contributed by atoms with Crippen LogP contribution in [0.3, 0.4) is 0 Å². The summed E-state index contributed by atoms with van der Waals surface area (Å²) in [4.78, 5) is 0. The molecule has 0 aromatic rings. The lowest BCUT2D eigenvalue weighted by Crippen LogP contribution is -2.25. The van der Waals surface area contributed by atoms with E-state index in [1.807, 2.05) is 0 Å². The maximum atomic E-state index is 9.95. The van der Waals surface area contributed by atoms with Gasteiger partial charge in [-0.1, -0.05) is 33.6 Å². The Labute approximate surface area is 88.3 Å². The second kappa shape index (κ2) is 7.24. The van der Waals surface area contributed by atoms with Crippen LogP contribution in [0.5, 0.6) is 0 Å². The molecule has 0 saturated carbocycles. The van der Waals surface area contributed by atoms with Crippen molar-refractivity contribution in [3.05, 3.63) is 0 Å². The van der Waals surface area contributed by atoms with E-state index in [1.165, 1.54) is 0 Å². The smallest absolute Gasteiger partial charge is 0.0571 e. The van der Waals surface area contributed by atoms with Crippen LogP contribution >= 0.6 is 0 Å². The molecule has 0 bridgehead atoms. The Morgan fingerprint density at radius 1 is 0.929 bits per heavy atom. The summed E-state index contributed by atoms with van der Waals surface area (Å²) in [5, 5.41) is 19.2. The summed E-state index contributed by atoms with van der Waals surface area (Å²) < 4.78 is 0. The number of rotatable bonds is 7. The lowest BCUT2D eigenvalue weighted by Gasteiger charge is -2.24. The Kier molecular flexibility index (Phi) is 7.20. The Morgan fingerprint density at radius 3 is 1.86 bits per heavy atom. The molecule has 0 rings (SSSR count). The third kappa shape index (κ3) is 5.61. The molecule has 0 aromatic carbocycles. The lowest BCUT2D eigenvalue weighted by molar-refractivity contribution is 0.0492. The standard InChI is InChI=1S/C12H26O2/c1-5-9(3)7-12(14)11(6-2)8-10(4)13/h9-14H,5-8H2,1-4H3. The maximum absolute atomic E-state index is 9.95. The minimum absolute atomic E-state index is 0.246. The van der Waals surface area contributed by atoms with E-state index in [0.717, 1.165) is 19.3 Å². The highest BCUT2D eigenvalue weighted by Crippen LogP contribution is 2.22. The Morgan fingerprint density at radius 2 is 1.50 bits per heavy atom. The van der Waals surface area contributed by atoms with Crippen molar-refractivity contribution in [1.29, 1.82) is 0 Å². The van der Waals surface area contributed by atoms with Gasteiger partial charge in [-0.15, -0.1) is 0 Å². The predicted molar refractivity (Wildman–Crippen MR) is 60.2 cm³/mol. The fourth-order valence-corrected chi connectivity index (χ4v) is 1.81. The highest BCUT2D eigenvalue weighted by molar-refractivity contribution is 4.71. The summed E-state index contributed by atoms with van der Waals surface area (Å²) in [5.41, 5.74) is 0. The molecule has 0 fully saturated rings. The van der Waals surface area contributed by atoms with Crippen molar-refractivity contribution >= 4 is 0 Å². The number of aliphatic hydroxyl groups is 2. The molecular formula is C12H26O2. The molecule has 0 heterocycles. The van der Waals surface area contributed by atoms with Crippen LogP contribution in [0.15, 0.2) is 0 Å². The van der Waals surface area contributed by atoms with E-state index >= 15 is 0 Å². The third-order valence-corrected chi connectivity index (χ3v) is 3.05. The van der Waals surface area contributed by atoms with Crippen molar-refractivity contribution in [2.45, 2.75) is 65.6 Å². The molecule has 2 nitrogen and oxygen atoms in total. The second-order valence-electron chi connectivity index (χ2n) is 4.57. The van der Waals surface area contributed by atoms with E-state index in [1.54, 1.807) is 6.92 Å². The lowest BCUT2D eigenvalue weighted by atomic mass is 9.87. The van der Waals surface area contributed by atoms with Gasteiger partial charge < -0.3 is 10.2 Å². The Bertz CT molecular complexity index is 134. The zero-order chi connectivity index (χ0) is 11.1. The van der Waals surface area contributed by atoms with Crippen LogP contribution in [-0.4, -0.2) is 22.4 Å². The van der Waals surface area contributed by atoms with Crippen LogP contribution < -0.4 is 0 Å². The molecular weight excluding hydrogens is 176 g/mol. The Balaban J connectivity index is 3.96. The molecule has 14 heavy (non-hydrogen) atoms. The first-order valence-corrected chi connectivity index (χ1v) is 5.87. The zero-order valence-corrected chi connectivity index (χ0v) is 10.0. The molecule has 0 spiro atoms. The van der Waals surface area contributed by atoms with Gasteiger partial charge in [0.1, 0.15) is 0 Å². The normalized spacial score (nSPS) is 20.1. The molecule has 0 aliphatic heterocycles. The second-order valence-corrected chi connectivity index (χ2v) is 4.57. The Hall–Kier alpha value is -0.0800. The molecule has 0 aromatic heterocycles. The van der Waals surface area contributed by atoms with E-state index in [-0.39, 0.29) is 18.1 Å². The first kappa shape index (κ1) is 13.9. The topological polar surface area (TPSA) is 40.5 Å². The van der Waals surface area contributed by atoms with Gasteiger partial charge in [0, 0.05) is 0 Å². The van der Waals surface area contributed by atoms with Gasteiger partial charge in [0.05, 0.1) is 12.2 Å². The van der Waals surface area contributed by atoms with Crippen molar-refractivity contribution in [3.8, 4) is 0 Å².